The van der Waals surface area contributed by atoms with Crippen molar-refractivity contribution >= 4 is 5.97 Å². The predicted octanol–water partition coefficient (Wildman–Crippen LogP) is 1.65. The van der Waals surface area contributed by atoms with Gasteiger partial charge in [-0.25, -0.2) is 0 Å². The number of carboxylic acid groups (broad SMARTS) is 1. The van der Waals surface area contributed by atoms with Crippen molar-refractivity contribution in [1.29, 1.82) is 0 Å². The summed E-state index contributed by atoms with van der Waals surface area (Å²) in [6.45, 7) is 0. The lowest BCUT2D eigenvalue weighted by Gasteiger charge is -2.16. The second-order valence-electron chi connectivity index (χ2n) is 1.31. The van der Waals surface area contributed by atoms with Gasteiger partial charge in [0.05, 0.1) is 5.89 Å². The number of rotatable bonds is 1. The zero-order valence-electron chi connectivity index (χ0n) is 15.4. The minimum atomic E-state index is -3.86. The second-order valence-corrected chi connectivity index (χ2v) is 1.31. The maximum absolute atomic E-state index is 11.2. The number of carbonyl (C=O) groups is 1. The molecule has 2 heteroatoms. The summed E-state index contributed by atoms with van der Waals surface area (Å²) in [4.78, 5) is 11.2. The van der Waals surface area contributed by atoms with Crippen molar-refractivity contribution < 1.29 is 25.0 Å². The molecule has 0 aliphatic heterocycles. The summed E-state index contributed by atoms with van der Waals surface area (Å²) in [5, 5.41) is 8.98. The van der Waals surface area contributed by atoms with Crippen LogP contribution in [-0.2, 0) is 4.79 Å². The van der Waals surface area contributed by atoms with E-state index in [-0.39, 0.29) is 0 Å². The Hall–Kier alpha value is -0.530. The van der Waals surface area contributed by atoms with Crippen LogP contribution in [0.1, 0.15) is 46.9 Å². The molecular formula is C7H12O2. The molecule has 2 nitrogen and oxygen atoms in total. The lowest BCUT2D eigenvalue weighted by Crippen LogP contribution is -2.16. The number of aliphatic carboxylic acids is 1. The molecule has 0 aromatic rings. The van der Waals surface area contributed by atoms with Crippen LogP contribution in [0.4, 0.5) is 0 Å². The maximum Gasteiger partial charge on any atom is 0.306 e. The van der Waals surface area contributed by atoms with Crippen LogP contribution in [0.5, 0.6) is 0 Å². The van der Waals surface area contributed by atoms with Gasteiger partial charge in [0.2, 0.25) is 0 Å². The van der Waals surface area contributed by atoms with E-state index < -0.39 is 43.7 Å². The molecule has 9 heavy (non-hydrogen) atoms. The van der Waals surface area contributed by atoms with E-state index in [4.69, 9.17) is 20.2 Å². The Kier molecular flexibility index (Phi) is 0.395. The van der Waals surface area contributed by atoms with Gasteiger partial charge in [-0.3, -0.25) is 4.79 Å². The fourth-order valence-electron chi connectivity index (χ4n) is 0.357. The summed E-state index contributed by atoms with van der Waals surface area (Å²) >= 11 is 0. The zero-order valence-corrected chi connectivity index (χ0v) is 4.36. The van der Waals surface area contributed by atoms with Crippen LogP contribution < -0.4 is 0 Å². The van der Waals surface area contributed by atoms with Crippen LogP contribution in [0.3, 0.4) is 0 Å². The Morgan fingerprint density at radius 1 is 1.56 bits per heavy atom. The minimum Gasteiger partial charge on any atom is -0.481 e. The van der Waals surface area contributed by atoms with Gasteiger partial charge in [-0.05, 0) is 12.7 Å². The zero-order chi connectivity index (χ0) is 16.6. The molecule has 0 unspecified atom stereocenters. The molecule has 1 fully saturated rings. The first kappa shape index (κ1) is 1.25. The van der Waals surface area contributed by atoms with E-state index in [0.717, 1.165) is 0 Å². The molecule has 1 N–H and O–H groups in total. The molecule has 0 radical (unpaired) electrons. The van der Waals surface area contributed by atoms with Gasteiger partial charge in [0.15, 0.2) is 0 Å². The van der Waals surface area contributed by atoms with Gasteiger partial charge in [0.1, 0.15) is 0 Å². The molecule has 1 aliphatic rings. The third kappa shape index (κ3) is 1.70. The van der Waals surface area contributed by atoms with E-state index in [9.17, 15) is 4.79 Å². The highest BCUT2D eigenvalue weighted by Gasteiger charge is 2.19. The molecule has 0 heterocycles. The molecule has 0 aromatic heterocycles. The Morgan fingerprint density at radius 2 is 2.11 bits per heavy atom. The Bertz CT molecular complexity index is 424. The van der Waals surface area contributed by atoms with Crippen LogP contribution in [0.15, 0.2) is 0 Å². The third-order valence-corrected chi connectivity index (χ3v) is 0.714. The molecule has 0 spiro atoms. The van der Waals surface area contributed by atoms with Crippen molar-refractivity contribution in [3.8, 4) is 0 Å². The number of hydrogen-bond donors (Lipinski definition) is 1. The average Bonchev–Trinajstić information content (AvgIpc) is 2.24. The SMILES string of the molecule is [2H]C1([2H])C([2H])([2H])C([2H])([2H])C([2H])(C(=O)O)C([2H])([2H])C1([2H])[2H]. The molecule has 1 saturated carbocycles. The summed E-state index contributed by atoms with van der Waals surface area (Å²) in [6, 6.07) is 0. The molecule has 0 atom stereocenters. The molecule has 0 amide bonds. The van der Waals surface area contributed by atoms with Gasteiger partial charge < -0.3 is 5.11 Å². The minimum absolute atomic E-state index is 2.41. The first-order valence-corrected chi connectivity index (χ1v) is 2.18. The Balaban J connectivity index is 3.88. The van der Waals surface area contributed by atoms with Gasteiger partial charge >= 0.3 is 5.97 Å². The van der Waals surface area contributed by atoms with E-state index >= 15 is 0 Å². The number of carboxylic acids is 1. The highest BCUT2D eigenvalue weighted by Crippen LogP contribution is 2.23. The molecular weight excluding hydrogens is 116 g/mol. The van der Waals surface area contributed by atoms with Gasteiger partial charge in [0, 0.05) is 15.1 Å². The first-order valence-electron chi connectivity index (χ1n) is 7.68. The smallest absolute Gasteiger partial charge is 0.306 e. The van der Waals surface area contributed by atoms with Crippen molar-refractivity contribution in [2.45, 2.75) is 31.9 Å². The standard InChI is InChI=1S/C7H12O2/c8-7(9)6-4-2-1-3-5-6/h6H,1-5H2,(H,8,9)/i1D2,2D2,3D2,4D2,5D2,6D. The molecule has 1 rings (SSSR count). The van der Waals surface area contributed by atoms with Crippen LogP contribution in [0, 0.1) is 5.89 Å². The topological polar surface area (TPSA) is 37.3 Å². The lowest BCUT2D eigenvalue weighted by atomic mass is 9.90. The van der Waals surface area contributed by atoms with Crippen molar-refractivity contribution in [3.05, 3.63) is 0 Å². The monoisotopic (exact) mass is 139 g/mol. The lowest BCUT2D eigenvalue weighted by molar-refractivity contribution is -0.142. The fourth-order valence-corrected chi connectivity index (χ4v) is 0.357. The highest BCUT2D eigenvalue weighted by atomic mass is 16.4. The quantitative estimate of drug-likeness (QED) is 0.599. The van der Waals surface area contributed by atoms with E-state index in [1.165, 1.54) is 0 Å². The fraction of sp³-hybridized carbons (Fsp3) is 0.857. The van der Waals surface area contributed by atoms with Crippen molar-refractivity contribution in [2.24, 2.45) is 5.89 Å². The Labute approximate surface area is 70.3 Å². The van der Waals surface area contributed by atoms with Crippen molar-refractivity contribution in [2.75, 3.05) is 0 Å². The van der Waals surface area contributed by atoms with E-state index in [1.54, 1.807) is 0 Å². The average molecular weight is 139 g/mol. The second kappa shape index (κ2) is 2.85. The normalized spacial score (nSPS) is 71.3. The molecule has 52 valence electrons. The largest absolute Gasteiger partial charge is 0.481 e. The summed E-state index contributed by atoms with van der Waals surface area (Å²) < 4.78 is 82.1. The van der Waals surface area contributed by atoms with Crippen molar-refractivity contribution in [1.82, 2.24) is 0 Å². The molecule has 0 aromatic carbocycles. The van der Waals surface area contributed by atoms with E-state index in [0.29, 0.717) is 0 Å². The van der Waals surface area contributed by atoms with Gasteiger partial charge in [-0.1, -0.05) is 19.1 Å². The summed E-state index contributed by atoms with van der Waals surface area (Å²) in [6.07, 6.45) is -18.8. The van der Waals surface area contributed by atoms with Crippen LogP contribution in [0.2, 0.25) is 0 Å². The van der Waals surface area contributed by atoms with Gasteiger partial charge in [0.25, 0.3) is 0 Å². The maximum atomic E-state index is 11.2. The van der Waals surface area contributed by atoms with Crippen LogP contribution in [-0.4, -0.2) is 11.1 Å². The van der Waals surface area contributed by atoms with Gasteiger partial charge in [-0.15, -0.1) is 0 Å². The van der Waals surface area contributed by atoms with E-state index in [2.05, 4.69) is 0 Å². The molecule has 0 saturated heterocycles. The van der Waals surface area contributed by atoms with Crippen LogP contribution >= 0.6 is 0 Å². The highest BCUT2D eigenvalue weighted by molar-refractivity contribution is 5.69. The van der Waals surface area contributed by atoms with Crippen LogP contribution in [0.25, 0.3) is 0 Å². The summed E-state index contributed by atoms with van der Waals surface area (Å²) in [5.74, 6) is -6.27. The third-order valence-electron chi connectivity index (χ3n) is 0.714. The summed E-state index contributed by atoms with van der Waals surface area (Å²) in [7, 11) is 0. The first-order chi connectivity index (χ1) is 8.44. The molecule has 0 bridgehead atoms. The van der Waals surface area contributed by atoms with Crippen molar-refractivity contribution in [3.63, 3.8) is 0 Å². The number of hydrogen-bond acceptors (Lipinski definition) is 1. The molecule has 1 aliphatic carbocycles. The van der Waals surface area contributed by atoms with E-state index in [1.807, 2.05) is 0 Å². The van der Waals surface area contributed by atoms with Gasteiger partial charge in [-0.2, -0.15) is 0 Å². The predicted molar refractivity (Wildman–Crippen MR) is 34.2 cm³/mol. The summed E-state index contributed by atoms with van der Waals surface area (Å²) in [5.41, 5.74) is 0. The Morgan fingerprint density at radius 3 is 2.56 bits per heavy atom.